The van der Waals surface area contributed by atoms with Gasteiger partial charge in [0.05, 0.1) is 0 Å². The molecule has 0 aromatic heterocycles. The van der Waals surface area contributed by atoms with Gasteiger partial charge in [0, 0.05) is 18.8 Å². The first-order valence-electron chi connectivity index (χ1n) is 6.08. The SMILES string of the molecule is N/C=C(\C=NCC(=O)O)CNC1CCCCC1. The van der Waals surface area contributed by atoms with Crippen molar-refractivity contribution < 1.29 is 9.90 Å². The molecule has 96 valence electrons. The number of rotatable bonds is 6. The zero-order chi connectivity index (χ0) is 12.5. The first kappa shape index (κ1) is 13.7. The monoisotopic (exact) mass is 239 g/mol. The number of hydrogen-bond acceptors (Lipinski definition) is 4. The van der Waals surface area contributed by atoms with Crippen LogP contribution in [0.15, 0.2) is 16.8 Å². The topological polar surface area (TPSA) is 87.7 Å². The Hall–Kier alpha value is -1.36. The first-order valence-corrected chi connectivity index (χ1v) is 6.08. The summed E-state index contributed by atoms with van der Waals surface area (Å²) in [7, 11) is 0. The van der Waals surface area contributed by atoms with Gasteiger partial charge in [-0.15, -0.1) is 0 Å². The smallest absolute Gasteiger partial charge is 0.325 e. The van der Waals surface area contributed by atoms with Crippen molar-refractivity contribution in [1.82, 2.24) is 5.32 Å². The average molecular weight is 239 g/mol. The van der Waals surface area contributed by atoms with Crippen molar-refractivity contribution in [2.24, 2.45) is 10.7 Å². The van der Waals surface area contributed by atoms with Crippen LogP contribution in [-0.2, 0) is 4.79 Å². The molecule has 0 spiro atoms. The molecule has 0 heterocycles. The molecule has 0 bridgehead atoms. The molecule has 0 aromatic carbocycles. The summed E-state index contributed by atoms with van der Waals surface area (Å²) in [6.07, 6.45) is 9.33. The van der Waals surface area contributed by atoms with E-state index in [2.05, 4.69) is 10.3 Å². The van der Waals surface area contributed by atoms with Gasteiger partial charge in [0.15, 0.2) is 0 Å². The average Bonchev–Trinajstić information content (AvgIpc) is 2.34. The fourth-order valence-corrected chi connectivity index (χ4v) is 1.96. The minimum atomic E-state index is -0.933. The maximum absolute atomic E-state index is 10.3. The van der Waals surface area contributed by atoms with Crippen LogP contribution in [0.25, 0.3) is 0 Å². The Morgan fingerprint density at radius 2 is 2.12 bits per heavy atom. The molecule has 0 unspecified atom stereocenters. The fraction of sp³-hybridized carbons (Fsp3) is 0.667. The Labute approximate surface area is 102 Å². The Morgan fingerprint density at radius 1 is 1.41 bits per heavy atom. The number of carboxylic acid groups (broad SMARTS) is 1. The summed E-state index contributed by atoms with van der Waals surface area (Å²) >= 11 is 0. The third kappa shape index (κ3) is 6.06. The van der Waals surface area contributed by atoms with E-state index >= 15 is 0 Å². The van der Waals surface area contributed by atoms with Gasteiger partial charge in [0.2, 0.25) is 0 Å². The summed E-state index contributed by atoms with van der Waals surface area (Å²) in [5.41, 5.74) is 6.29. The lowest BCUT2D eigenvalue weighted by molar-refractivity contribution is -0.135. The summed E-state index contributed by atoms with van der Waals surface area (Å²) in [6.45, 7) is 0.449. The highest BCUT2D eigenvalue weighted by Gasteiger charge is 2.12. The summed E-state index contributed by atoms with van der Waals surface area (Å²) in [4.78, 5) is 14.1. The quantitative estimate of drug-likeness (QED) is 0.601. The van der Waals surface area contributed by atoms with Crippen LogP contribution in [-0.4, -0.2) is 36.4 Å². The molecule has 1 saturated carbocycles. The molecule has 1 aliphatic rings. The van der Waals surface area contributed by atoms with Crippen LogP contribution in [0.4, 0.5) is 0 Å². The molecule has 17 heavy (non-hydrogen) atoms. The van der Waals surface area contributed by atoms with E-state index in [1.54, 1.807) is 0 Å². The summed E-state index contributed by atoms with van der Waals surface area (Å²) in [5.74, 6) is -0.933. The van der Waals surface area contributed by atoms with E-state index in [0.717, 1.165) is 5.57 Å². The second-order valence-corrected chi connectivity index (χ2v) is 4.32. The van der Waals surface area contributed by atoms with Gasteiger partial charge < -0.3 is 16.2 Å². The van der Waals surface area contributed by atoms with Gasteiger partial charge in [0.25, 0.3) is 0 Å². The molecule has 0 atom stereocenters. The van der Waals surface area contributed by atoms with Crippen LogP contribution in [0, 0.1) is 0 Å². The van der Waals surface area contributed by atoms with E-state index in [4.69, 9.17) is 10.8 Å². The minimum Gasteiger partial charge on any atom is -0.480 e. The fourth-order valence-electron chi connectivity index (χ4n) is 1.96. The first-order chi connectivity index (χ1) is 8.22. The second kappa shape index (κ2) is 7.84. The maximum atomic E-state index is 10.3. The lowest BCUT2D eigenvalue weighted by Gasteiger charge is -2.22. The lowest BCUT2D eigenvalue weighted by atomic mass is 9.95. The van der Waals surface area contributed by atoms with Gasteiger partial charge in [-0.3, -0.25) is 9.79 Å². The molecule has 0 saturated heterocycles. The molecule has 1 fully saturated rings. The highest BCUT2D eigenvalue weighted by Crippen LogP contribution is 2.17. The zero-order valence-electron chi connectivity index (χ0n) is 10.1. The number of carbonyl (C=O) groups is 1. The lowest BCUT2D eigenvalue weighted by Crippen LogP contribution is -2.32. The standard InChI is InChI=1S/C12H21N3O2/c13-6-10(7-14-9-12(16)17)8-15-11-4-2-1-3-5-11/h6-7,11,15H,1-5,8-9,13H2,(H,16,17)/b10-6+,14-7?. The highest BCUT2D eigenvalue weighted by atomic mass is 16.4. The van der Waals surface area contributed by atoms with Gasteiger partial charge in [-0.2, -0.15) is 0 Å². The van der Waals surface area contributed by atoms with Crippen molar-refractivity contribution in [3.05, 3.63) is 11.8 Å². The third-order valence-electron chi connectivity index (χ3n) is 2.90. The molecule has 5 heteroatoms. The number of aliphatic imine (C=N–C) groups is 1. The number of nitrogens with two attached hydrogens (primary N) is 1. The van der Waals surface area contributed by atoms with Gasteiger partial charge in [0.1, 0.15) is 6.54 Å². The predicted molar refractivity (Wildman–Crippen MR) is 68.1 cm³/mol. The highest BCUT2D eigenvalue weighted by molar-refractivity contribution is 5.81. The molecule has 0 aromatic rings. The molecule has 1 aliphatic carbocycles. The summed E-state index contributed by atoms with van der Waals surface area (Å²) in [5, 5.41) is 11.9. The largest absolute Gasteiger partial charge is 0.480 e. The molecule has 0 radical (unpaired) electrons. The predicted octanol–water partition coefficient (Wildman–Crippen LogP) is 0.907. The van der Waals surface area contributed by atoms with E-state index in [1.165, 1.54) is 44.5 Å². The minimum absolute atomic E-state index is 0.208. The molecule has 1 rings (SSSR count). The van der Waals surface area contributed by atoms with Crippen molar-refractivity contribution in [2.45, 2.75) is 38.1 Å². The Bertz CT molecular complexity index is 294. The molecule has 0 aliphatic heterocycles. The maximum Gasteiger partial charge on any atom is 0.325 e. The van der Waals surface area contributed by atoms with Crippen LogP contribution in [0.1, 0.15) is 32.1 Å². The second-order valence-electron chi connectivity index (χ2n) is 4.32. The molecular weight excluding hydrogens is 218 g/mol. The Kier molecular flexibility index (Phi) is 6.32. The number of carboxylic acids is 1. The van der Waals surface area contributed by atoms with E-state index in [-0.39, 0.29) is 6.54 Å². The van der Waals surface area contributed by atoms with E-state index in [1.807, 2.05) is 0 Å². The van der Waals surface area contributed by atoms with Gasteiger partial charge in [-0.1, -0.05) is 19.3 Å². The van der Waals surface area contributed by atoms with Crippen molar-refractivity contribution in [3.63, 3.8) is 0 Å². The zero-order valence-corrected chi connectivity index (χ0v) is 10.1. The van der Waals surface area contributed by atoms with Crippen molar-refractivity contribution in [1.29, 1.82) is 0 Å². The molecular formula is C12H21N3O2. The number of nitrogens with one attached hydrogen (secondary N) is 1. The Morgan fingerprint density at radius 3 is 2.71 bits per heavy atom. The van der Waals surface area contributed by atoms with Crippen molar-refractivity contribution in [3.8, 4) is 0 Å². The Balaban J connectivity index is 2.26. The van der Waals surface area contributed by atoms with Gasteiger partial charge >= 0.3 is 5.97 Å². The van der Waals surface area contributed by atoms with Crippen LogP contribution in [0.3, 0.4) is 0 Å². The van der Waals surface area contributed by atoms with E-state index in [0.29, 0.717) is 12.6 Å². The van der Waals surface area contributed by atoms with Crippen LogP contribution in [0.2, 0.25) is 0 Å². The third-order valence-corrected chi connectivity index (χ3v) is 2.90. The number of hydrogen-bond donors (Lipinski definition) is 3. The number of nitrogens with zero attached hydrogens (tertiary/aromatic N) is 1. The van der Waals surface area contributed by atoms with Gasteiger partial charge in [-0.05, 0) is 24.6 Å². The molecule has 5 nitrogen and oxygen atoms in total. The number of aliphatic carboxylic acids is 1. The summed E-state index contributed by atoms with van der Waals surface area (Å²) in [6, 6.07) is 0.562. The summed E-state index contributed by atoms with van der Waals surface area (Å²) < 4.78 is 0. The molecule has 4 N–H and O–H groups in total. The van der Waals surface area contributed by atoms with E-state index in [9.17, 15) is 4.79 Å². The van der Waals surface area contributed by atoms with E-state index < -0.39 is 5.97 Å². The van der Waals surface area contributed by atoms with Crippen LogP contribution in [0.5, 0.6) is 0 Å². The normalized spacial score (nSPS) is 18.7. The van der Waals surface area contributed by atoms with Crippen molar-refractivity contribution >= 4 is 12.2 Å². The van der Waals surface area contributed by atoms with Crippen LogP contribution < -0.4 is 11.1 Å². The van der Waals surface area contributed by atoms with Gasteiger partial charge in [-0.25, -0.2) is 0 Å². The van der Waals surface area contributed by atoms with Crippen LogP contribution >= 0.6 is 0 Å². The molecule has 0 amide bonds. The van der Waals surface area contributed by atoms with Crippen molar-refractivity contribution in [2.75, 3.05) is 13.1 Å².